The van der Waals surface area contributed by atoms with Crippen molar-refractivity contribution in [3.05, 3.63) is 95.9 Å². The molecule has 0 atom stereocenters. The van der Waals surface area contributed by atoms with Gasteiger partial charge in [0.05, 0.1) is 29.0 Å². The molecule has 2 saturated carbocycles. The maximum atomic E-state index is 13.1. The van der Waals surface area contributed by atoms with Crippen LogP contribution in [0, 0.1) is 0 Å². The number of aromatic nitrogens is 4. The molecule has 7 nitrogen and oxygen atoms in total. The average Bonchev–Trinajstić information content (AvgIpc) is 3.91. The zero-order valence-corrected chi connectivity index (χ0v) is 21.8. The Kier molecular flexibility index (Phi) is 5.99. The lowest BCUT2D eigenvalue weighted by Crippen LogP contribution is -2.13. The highest BCUT2D eigenvalue weighted by molar-refractivity contribution is 6.05. The summed E-state index contributed by atoms with van der Waals surface area (Å²) in [6.45, 7) is 0. The van der Waals surface area contributed by atoms with Crippen molar-refractivity contribution in [2.24, 2.45) is 0 Å². The largest absolute Gasteiger partial charge is 0.416 e. The maximum absolute atomic E-state index is 13.1. The van der Waals surface area contributed by atoms with Gasteiger partial charge < -0.3 is 10.6 Å². The third-order valence-electron chi connectivity index (χ3n) is 7.45. The molecule has 2 fully saturated rings. The van der Waals surface area contributed by atoms with Gasteiger partial charge in [-0.15, -0.1) is 0 Å². The highest BCUT2D eigenvalue weighted by atomic mass is 19.4. The average molecular weight is 555 g/mol. The molecule has 0 radical (unpaired) electrons. The highest BCUT2D eigenvalue weighted by Crippen LogP contribution is 2.45. The predicted molar refractivity (Wildman–Crippen MR) is 150 cm³/mol. The van der Waals surface area contributed by atoms with E-state index in [1.807, 2.05) is 41.2 Å². The molecule has 3 aromatic carbocycles. The Labute approximate surface area is 233 Å². The summed E-state index contributed by atoms with van der Waals surface area (Å²) in [4.78, 5) is 22.2. The van der Waals surface area contributed by atoms with Gasteiger partial charge in [-0.25, -0.2) is 9.97 Å². The minimum atomic E-state index is -4.49. The number of rotatable bonds is 7. The van der Waals surface area contributed by atoms with Crippen molar-refractivity contribution in [1.82, 2.24) is 19.7 Å². The Balaban J connectivity index is 1.15. The van der Waals surface area contributed by atoms with Crippen LogP contribution in [-0.2, 0) is 6.18 Å². The van der Waals surface area contributed by atoms with Crippen molar-refractivity contribution in [3.8, 4) is 11.1 Å². The summed E-state index contributed by atoms with van der Waals surface area (Å²) in [5, 5.41) is 11.1. The Hall–Kier alpha value is -4.73. The molecule has 5 aromatic rings. The number of nitrogens with one attached hydrogen (secondary N) is 2. The number of carbonyl (C=O) groups is 1. The van der Waals surface area contributed by atoms with Crippen LogP contribution in [0.1, 0.15) is 59.1 Å². The van der Waals surface area contributed by atoms with E-state index in [2.05, 4.69) is 25.7 Å². The third kappa shape index (κ3) is 5.37. The van der Waals surface area contributed by atoms with Gasteiger partial charge in [0.2, 0.25) is 5.95 Å². The van der Waals surface area contributed by atoms with Gasteiger partial charge >= 0.3 is 6.18 Å². The molecule has 2 aliphatic carbocycles. The van der Waals surface area contributed by atoms with Gasteiger partial charge in [-0.1, -0.05) is 18.2 Å². The first kappa shape index (κ1) is 25.3. The van der Waals surface area contributed by atoms with E-state index in [-0.39, 0.29) is 5.69 Å². The first-order chi connectivity index (χ1) is 19.8. The molecule has 206 valence electrons. The Morgan fingerprint density at radius 3 is 2.56 bits per heavy atom. The minimum absolute atomic E-state index is 0.0878. The Morgan fingerprint density at radius 1 is 0.927 bits per heavy atom. The smallest absolute Gasteiger partial charge is 0.322 e. The molecular weight excluding hydrogens is 529 g/mol. The van der Waals surface area contributed by atoms with E-state index in [1.165, 1.54) is 12.1 Å². The van der Waals surface area contributed by atoms with E-state index in [1.54, 1.807) is 18.5 Å². The van der Waals surface area contributed by atoms with Crippen LogP contribution in [0.4, 0.5) is 30.5 Å². The van der Waals surface area contributed by atoms with E-state index in [9.17, 15) is 18.0 Å². The molecule has 10 heteroatoms. The number of nitrogens with zero attached hydrogens (tertiary/aromatic N) is 4. The summed E-state index contributed by atoms with van der Waals surface area (Å²) in [6.07, 6.45) is 5.46. The highest BCUT2D eigenvalue weighted by Gasteiger charge is 2.31. The fourth-order valence-electron chi connectivity index (χ4n) is 5.01. The summed E-state index contributed by atoms with van der Waals surface area (Å²) in [7, 11) is 0. The van der Waals surface area contributed by atoms with Crippen LogP contribution < -0.4 is 10.6 Å². The number of fused-ring (bicyclic) bond motifs is 1. The Bertz CT molecular complexity index is 1790. The molecule has 0 bridgehead atoms. The van der Waals surface area contributed by atoms with Gasteiger partial charge in [0.15, 0.2) is 0 Å². The SMILES string of the molecule is O=C(Nc1cccc(C(F)(F)F)c1)c1ccc(C2CC2)c(-c2ccc3nc(Nc4cnn(C5CC5)c4)ncc3c2)c1. The summed E-state index contributed by atoms with van der Waals surface area (Å²) >= 11 is 0. The van der Waals surface area contributed by atoms with Gasteiger partial charge in [0.25, 0.3) is 5.91 Å². The number of amides is 1. The lowest BCUT2D eigenvalue weighted by atomic mass is 9.93. The second-order valence-electron chi connectivity index (χ2n) is 10.6. The molecule has 2 aromatic heterocycles. The molecule has 2 N–H and O–H groups in total. The van der Waals surface area contributed by atoms with Gasteiger partial charge in [-0.05, 0) is 90.8 Å². The van der Waals surface area contributed by atoms with Crippen molar-refractivity contribution >= 4 is 34.1 Å². The summed E-state index contributed by atoms with van der Waals surface area (Å²) in [5.74, 6) is 0.422. The number of carbonyl (C=O) groups excluding carboxylic acids is 1. The zero-order chi connectivity index (χ0) is 28.1. The molecule has 0 saturated heterocycles. The van der Waals surface area contributed by atoms with Crippen LogP contribution in [0.15, 0.2) is 79.3 Å². The molecule has 0 unspecified atom stereocenters. The van der Waals surface area contributed by atoms with Crippen LogP contribution >= 0.6 is 0 Å². The fraction of sp³-hybridized carbons (Fsp3) is 0.226. The number of benzene rings is 3. The molecule has 2 heterocycles. The molecule has 0 spiro atoms. The second-order valence-corrected chi connectivity index (χ2v) is 10.6. The fourth-order valence-corrected chi connectivity index (χ4v) is 5.01. The molecule has 1 amide bonds. The monoisotopic (exact) mass is 554 g/mol. The van der Waals surface area contributed by atoms with Crippen LogP contribution in [-0.4, -0.2) is 25.7 Å². The number of halogens is 3. The van der Waals surface area contributed by atoms with E-state index in [4.69, 9.17) is 0 Å². The van der Waals surface area contributed by atoms with E-state index in [0.717, 1.165) is 71.1 Å². The van der Waals surface area contributed by atoms with E-state index >= 15 is 0 Å². The molecule has 41 heavy (non-hydrogen) atoms. The van der Waals surface area contributed by atoms with Crippen LogP contribution in [0.5, 0.6) is 0 Å². The number of alkyl halides is 3. The van der Waals surface area contributed by atoms with Crippen LogP contribution in [0.2, 0.25) is 0 Å². The molecular formula is C31H25F3N6O. The standard InChI is InChI=1S/C31H25F3N6O/c32-31(33,34)22-2-1-3-23(14-22)37-29(41)20-6-10-26(18-4-5-18)27(13-20)19-7-11-28-21(12-19)15-35-30(39-28)38-24-16-36-40(17-24)25-8-9-25/h1-3,6-7,10-18,25H,4-5,8-9H2,(H,37,41)(H,35,38,39). The normalized spacial score (nSPS) is 15.2. The van der Waals surface area contributed by atoms with Gasteiger partial charge in [-0.3, -0.25) is 9.48 Å². The Morgan fingerprint density at radius 2 is 1.78 bits per heavy atom. The predicted octanol–water partition coefficient (Wildman–Crippen LogP) is 7.72. The van der Waals surface area contributed by atoms with Gasteiger partial charge in [0, 0.05) is 29.0 Å². The first-order valence-electron chi connectivity index (χ1n) is 13.5. The summed E-state index contributed by atoms with van der Waals surface area (Å²) in [6, 6.07) is 16.5. The minimum Gasteiger partial charge on any atom is -0.322 e. The number of hydrogen-bond donors (Lipinski definition) is 2. The molecule has 2 aliphatic rings. The third-order valence-corrected chi connectivity index (χ3v) is 7.45. The van der Waals surface area contributed by atoms with Crippen LogP contribution in [0.25, 0.3) is 22.0 Å². The lowest BCUT2D eigenvalue weighted by molar-refractivity contribution is -0.137. The van der Waals surface area contributed by atoms with Crippen molar-refractivity contribution in [2.45, 2.75) is 43.8 Å². The topological polar surface area (TPSA) is 84.7 Å². The number of hydrogen-bond acceptors (Lipinski definition) is 5. The first-order valence-corrected chi connectivity index (χ1v) is 13.5. The van der Waals surface area contributed by atoms with Crippen molar-refractivity contribution in [2.75, 3.05) is 10.6 Å². The van der Waals surface area contributed by atoms with E-state index < -0.39 is 17.6 Å². The number of anilines is 3. The summed E-state index contributed by atoms with van der Waals surface area (Å²) < 4.78 is 41.3. The van der Waals surface area contributed by atoms with Crippen molar-refractivity contribution in [1.29, 1.82) is 0 Å². The molecule has 7 rings (SSSR count). The molecule has 0 aliphatic heterocycles. The van der Waals surface area contributed by atoms with Crippen LogP contribution in [0.3, 0.4) is 0 Å². The quantitative estimate of drug-likeness (QED) is 0.215. The van der Waals surface area contributed by atoms with Gasteiger partial charge in [-0.2, -0.15) is 18.3 Å². The van der Waals surface area contributed by atoms with E-state index in [0.29, 0.717) is 23.5 Å². The van der Waals surface area contributed by atoms with Gasteiger partial charge in [0.1, 0.15) is 0 Å². The van der Waals surface area contributed by atoms with Crippen molar-refractivity contribution in [3.63, 3.8) is 0 Å². The lowest BCUT2D eigenvalue weighted by Gasteiger charge is -2.14. The van der Waals surface area contributed by atoms with Crippen molar-refractivity contribution < 1.29 is 18.0 Å². The maximum Gasteiger partial charge on any atom is 0.416 e. The summed E-state index contributed by atoms with van der Waals surface area (Å²) in [5.41, 5.74) is 4.23. The second kappa shape index (κ2) is 9.72. The zero-order valence-electron chi connectivity index (χ0n) is 21.8.